The molecular weight excluding hydrogens is 322 g/mol. The predicted molar refractivity (Wildman–Crippen MR) is 104 cm³/mol. The summed E-state index contributed by atoms with van der Waals surface area (Å²) in [6.07, 6.45) is 1.80. The highest BCUT2D eigenvalue weighted by Gasteiger charge is 2.17. The van der Waals surface area contributed by atoms with Gasteiger partial charge in [-0.2, -0.15) is 0 Å². The highest BCUT2D eigenvalue weighted by molar-refractivity contribution is 5.83. The van der Waals surface area contributed by atoms with Gasteiger partial charge in [0.05, 0.1) is 6.33 Å². The predicted octanol–water partition coefficient (Wildman–Crippen LogP) is 3.88. The molecule has 4 rings (SSSR count). The van der Waals surface area contributed by atoms with Gasteiger partial charge in [0, 0.05) is 20.1 Å². The van der Waals surface area contributed by atoms with E-state index >= 15 is 0 Å². The first-order valence-electron chi connectivity index (χ1n) is 8.69. The van der Waals surface area contributed by atoms with Crippen molar-refractivity contribution in [2.75, 3.05) is 4.90 Å². The lowest BCUT2D eigenvalue weighted by Gasteiger charge is -2.24. The minimum atomic E-state index is 0.752. The summed E-state index contributed by atoms with van der Waals surface area (Å²) in [5.41, 5.74) is 4.18. The van der Waals surface area contributed by atoms with E-state index in [-0.39, 0.29) is 0 Å². The summed E-state index contributed by atoms with van der Waals surface area (Å²) in [4.78, 5) is 16.1. The van der Waals surface area contributed by atoms with Crippen LogP contribution in [0.25, 0.3) is 11.2 Å². The first-order valence-corrected chi connectivity index (χ1v) is 8.69. The van der Waals surface area contributed by atoms with Crippen LogP contribution >= 0.6 is 0 Å². The molecule has 0 spiro atoms. The molecule has 0 aliphatic heterocycles. The summed E-state index contributed by atoms with van der Waals surface area (Å²) in [7, 11) is 1.96. The summed E-state index contributed by atoms with van der Waals surface area (Å²) in [5, 5.41) is 0. The number of hydrogen-bond acceptors (Lipinski definition) is 4. The van der Waals surface area contributed by atoms with Crippen molar-refractivity contribution in [1.82, 2.24) is 19.5 Å². The zero-order valence-electron chi connectivity index (χ0n) is 15.0. The van der Waals surface area contributed by atoms with Gasteiger partial charge in [-0.15, -0.1) is 0 Å². The lowest BCUT2D eigenvalue weighted by molar-refractivity contribution is 0.780. The summed E-state index contributed by atoms with van der Waals surface area (Å²) in [6, 6.07) is 20.9. The summed E-state index contributed by atoms with van der Waals surface area (Å²) in [6.45, 7) is 3.45. The zero-order chi connectivity index (χ0) is 17.9. The van der Waals surface area contributed by atoms with E-state index in [0.29, 0.717) is 0 Å². The van der Waals surface area contributed by atoms with Crippen molar-refractivity contribution in [3.05, 3.63) is 83.9 Å². The number of rotatable bonds is 5. The van der Waals surface area contributed by atoms with E-state index in [1.807, 2.05) is 30.7 Å². The number of benzene rings is 2. The minimum Gasteiger partial charge on any atom is -0.346 e. The second-order valence-corrected chi connectivity index (χ2v) is 6.45. The third-order valence-electron chi connectivity index (χ3n) is 4.39. The molecule has 0 radical (unpaired) electrons. The number of nitrogens with zero attached hydrogens (tertiary/aromatic N) is 5. The Morgan fingerprint density at radius 1 is 0.846 bits per heavy atom. The van der Waals surface area contributed by atoms with Gasteiger partial charge in [-0.25, -0.2) is 15.0 Å². The quantitative estimate of drug-likeness (QED) is 0.552. The van der Waals surface area contributed by atoms with Crippen LogP contribution < -0.4 is 4.90 Å². The van der Waals surface area contributed by atoms with Crippen molar-refractivity contribution in [3.63, 3.8) is 0 Å². The van der Waals surface area contributed by atoms with Crippen molar-refractivity contribution in [2.45, 2.75) is 20.0 Å². The van der Waals surface area contributed by atoms with Crippen LogP contribution in [0.15, 0.2) is 67.0 Å². The average Bonchev–Trinajstić information content (AvgIpc) is 3.03. The Morgan fingerprint density at radius 3 is 2.00 bits per heavy atom. The highest BCUT2D eigenvalue weighted by Crippen LogP contribution is 2.25. The Bertz CT molecular complexity index is 967. The maximum absolute atomic E-state index is 4.75. The first-order chi connectivity index (χ1) is 12.7. The van der Waals surface area contributed by atoms with E-state index in [4.69, 9.17) is 4.98 Å². The van der Waals surface area contributed by atoms with Gasteiger partial charge in [-0.05, 0) is 18.1 Å². The van der Waals surface area contributed by atoms with Crippen LogP contribution in [-0.4, -0.2) is 19.5 Å². The molecule has 2 heterocycles. The van der Waals surface area contributed by atoms with Crippen molar-refractivity contribution in [3.8, 4) is 0 Å². The third-order valence-corrected chi connectivity index (χ3v) is 4.39. The fraction of sp³-hybridized carbons (Fsp3) is 0.190. The van der Waals surface area contributed by atoms with Crippen LogP contribution in [0.5, 0.6) is 0 Å². The van der Waals surface area contributed by atoms with Crippen molar-refractivity contribution < 1.29 is 0 Å². The average molecular weight is 343 g/mol. The molecule has 0 bridgehead atoms. The maximum Gasteiger partial charge on any atom is 0.165 e. The van der Waals surface area contributed by atoms with Crippen LogP contribution in [0.3, 0.4) is 0 Å². The molecule has 5 heteroatoms. The monoisotopic (exact) mass is 343 g/mol. The van der Waals surface area contributed by atoms with Crippen LogP contribution in [0.1, 0.15) is 17.0 Å². The number of hydrogen-bond donors (Lipinski definition) is 0. The van der Waals surface area contributed by atoms with E-state index in [2.05, 4.69) is 63.4 Å². The number of aromatic nitrogens is 4. The normalized spacial score (nSPS) is 11.0. The molecule has 0 saturated carbocycles. The molecule has 26 heavy (non-hydrogen) atoms. The number of imidazole rings is 1. The zero-order valence-corrected chi connectivity index (χ0v) is 15.0. The van der Waals surface area contributed by atoms with Crippen molar-refractivity contribution >= 4 is 17.0 Å². The Hall–Kier alpha value is -3.21. The van der Waals surface area contributed by atoms with Crippen LogP contribution in [-0.2, 0) is 20.1 Å². The van der Waals surface area contributed by atoms with Gasteiger partial charge in [0.1, 0.15) is 5.82 Å². The lowest BCUT2D eigenvalue weighted by Crippen LogP contribution is -2.24. The minimum absolute atomic E-state index is 0.752. The van der Waals surface area contributed by atoms with Crippen LogP contribution in [0.4, 0.5) is 5.82 Å². The van der Waals surface area contributed by atoms with Crippen LogP contribution in [0, 0.1) is 6.92 Å². The van der Waals surface area contributed by atoms with Crippen LogP contribution in [0.2, 0.25) is 0 Å². The van der Waals surface area contributed by atoms with Crippen molar-refractivity contribution in [1.29, 1.82) is 0 Å². The molecule has 0 N–H and O–H groups in total. The third kappa shape index (κ3) is 3.28. The molecule has 0 aliphatic rings. The summed E-state index contributed by atoms with van der Waals surface area (Å²) in [5.74, 6) is 1.63. The Kier molecular flexibility index (Phi) is 4.35. The second-order valence-electron chi connectivity index (χ2n) is 6.45. The van der Waals surface area contributed by atoms with E-state index in [0.717, 1.165) is 35.9 Å². The topological polar surface area (TPSA) is 46.8 Å². The van der Waals surface area contributed by atoms with Gasteiger partial charge in [0.15, 0.2) is 17.0 Å². The standard InChI is InChI=1S/C21H21N5/c1-16-23-20-19(22-15-25(20)2)21(24-16)26(13-17-9-5-3-6-10-17)14-18-11-7-4-8-12-18/h3-12,15H,13-14H2,1-2H3. The van der Waals surface area contributed by atoms with Gasteiger partial charge in [0.2, 0.25) is 0 Å². The molecule has 2 aromatic carbocycles. The van der Waals surface area contributed by atoms with Gasteiger partial charge in [0.25, 0.3) is 0 Å². The number of anilines is 1. The molecule has 4 aromatic rings. The van der Waals surface area contributed by atoms with Gasteiger partial charge in [-0.1, -0.05) is 60.7 Å². The fourth-order valence-electron chi connectivity index (χ4n) is 3.13. The van der Waals surface area contributed by atoms with Gasteiger partial charge >= 0.3 is 0 Å². The molecule has 0 saturated heterocycles. The first kappa shape index (κ1) is 16.3. The summed E-state index contributed by atoms with van der Waals surface area (Å²) < 4.78 is 1.94. The smallest absolute Gasteiger partial charge is 0.165 e. The van der Waals surface area contributed by atoms with E-state index < -0.39 is 0 Å². The number of aryl methyl sites for hydroxylation is 2. The molecule has 0 atom stereocenters. The van der Waals surface area contributed by atoms with E-state index in [1.165, 1.54) is 11.1 Å². The molecule has 0 aliphatic carbocycles. The van der Waals surface area contributed by atoms with Gasteiger partial charge < -0.3 is 9.47 Å². The Balaban J connectivity index is 1.79. The lowest BCUT2D eigenvalue weighted by atomic mass is 10.1. The SMILES string of the molecule is Cc1nc(N(Cc2ccccc2)Cc2ccccc2)c2ncn(C)c2n1. The molecule has 0 unspecified atom stereocenters. The Morgan fingerprint density at radius 2 is 1.42 bits per heavy atom. The molecule has 130 valence electrons. The van der Waals surface area contributed by atoms with E-state index in [9.17, 15) is 0 Å². The maximum atomic E-state index is 4.75. The Labute approximate surface area is 153 Å². The highest BCUT2D eigenvalue weighted by atomic mass is 15.2. The van der Waals surface area contributed by atoms with E-state index in [1.54, 1.807) is 6.33 Å². The second kappa shape index (κ2) is 6.96. The molecule has 2 aromatic heterocycles. The molecular formula is C21H21N5. The summed E-state index contributed by atoms with van der Waals surface area (Å²) >= 11 is 0. The van der Waals surface area contributed by atoms with Crippen molar-refractivity contribution in [2.24, 2.45) is 7.05 Å². The molecule has 0 fully saturated rings. The number of fused-ring (bicyclic) bond motifs is 1. The molecule has 5 nitrogen and oxygen atoms in total. The van der Waals surface area contributed by atoms with Gasteiger partial charge in [-0.3, -0.25) is 0 Å². The largest absolute Gasteiger partial charge is 0.346 e. The fourth-order valence-corrected chi connectivity index (χ4v) is 3.13. The molecule has 0 amide bonds.